The summed E-state index contributed by atoms with van der Waals surface area (Å²) in [5.41, 5.74) is 2.91. The maximum atomic E-state index is 13.5. The van der Waals surface area contributed by atoms with Crippen LogP contribution in [0.5, 0.6) is 5.75 Å². The zero-order chi connectivity index (χ0) is 26.9. The van der Waals surface area contributed by atoms with Crippen molar-refractivity contribution in [3.8, 4) is 17.3 Å². The number of hydrogen-bond donors (Lipinski definition) is 0. The monoisotopic (exact) mass is 521 g/mol. The van der Waals surface area contributed by atoms with Crippen LogP contribution in [-0.4, -0.2) is 15.9 Å². The third-order valence-corrected chi connectivity index (χ3v) is 6.85. The van der Waals surface area contributed by atoms with Gasteiger partial charge in [-0.1, -0.05) is 84.9 Å². The van der Waals surface area contributed by atoms with Crippen LogP contribution in [0, 0.1) is 0 Å². The van der Waals surface area contributed by atoms with E-state index < -0.39 is 0 Å². The number of benzene rings is 5. The van der Waals surface area contributed by atoms with Gasteiger partial charge in [0.2, 0.25) is 5.82 Å². The Morgan fingerprint density at radius 2 is 1.52 bits per heavy atom. The molecule has 5 aromatic carbocycles. The van der Waals surface area contributed by atoms with Crippen molar-refractivity contribution in [3.63, 3.8) is 0 Å². The SMILES string of the molecule is O=c1c2ccccc2nc(-c2cc3ccccc3o2)n1N=Cc1cccc(OCc2cccc3ccccc23)c1. The largest absolute Gasteiger partial charge is 0.489 e. The maximum Gasteiger partial charge on any atom is 0.282 e. The average molecular weight is 522 g/mol. The second-order valence-electron chi connectivity index (χ2n) is 9.46. The topological polar surface area (TPSA) is 69.6 Å². The van der Waals surface area contributed by atoms with Crippen molar-refractivity contribution in [2.45, 2.75) is 6.61 Å². The molecule has 0 spiro atoms. The van der Waals surface area contributed by atoms with Crippen LogP contribution in [0.4, 0.5) is 0 Å². The van der Waals surface area contributed by atoms with Crippen molar-refractivity contribution in [1.29, 1.82) is 0 Å². The Bertz CT molecular complexity index is 2070. The summed E-state index contributed by atoms with van der Waals surface area (Å²) in [5, 5.41) is 8.33. The van der Waals surface area contributed by atoms with Crippen LogP contribution in [0.15, 0.2) is 136 Å². The van der Waals surface area contributed by atoms with E-state index in [2.05, 4.69) is 29.4 Å². The molecule has 2 heterocycles. The third kappa shape index (κ3) is 4.41. The van der Waals surface area contributed by atoms with Crippen LogP contribution in [-0.2, 0) is 6.61 Å². The molecule has 7 aromatic rings. The molecule has 40 heavy (non-hydrogen) atoms. The van der Waals surface area contributed by atoms with Crippen LogP contribution in [0.25, 0.3) is 44.2 Å². The van der Waals surface area contributed by atoms with Gasteiger partial charge in [0.05, 0.1) is 17.1 Å². The molecule has 0 aliphatic carbocycles. The Morgan fingerprint density at radius 1 is 0.775 bits per heavy atom. The first-order valence-corrected chi connectivity index (χ1v) is 13.0. The number of hydrogen-bond acceptors (Lipinski definition) is 5. The zero-order valence-electron chi connectivity index (χ0n) is 21.4. The summed E-state index contributed by atoms with van der Waals surface area (Å²) in [7, 11) is 0. The molecule has 2 aromatic heterocycles. The molecule has 0 bridgehead atoms. The van der Waals surface area contributed by atoms with Crippen molar-refractivity contribution in [1.82, 2.24) is 9.66 Å². The molecule has 0 aliphatic heterocycles. The summed E-state index contributed by atoms with van der Waals surface area (Å²) >= 11 is 0. The molecule has 6 heteroatoms. The van der Waals surface area contributed by atoms with Gasteiger partial charge in [-0.05, 0) is 58.3 Å². The molecule has 0 atom stereocenters. The number of furan rings is 1. The van der Waals surface area contributed by atoms with Gasteiger partial charge in [-0.25, -0.2) is 4.98 Å². The lowest BCUT2D eigenvalue weighted by Crippen LogP contribution is -2.20. The second-order valence-corrected chi connectivity index (χ2v) is 9.46. The quantitative estimate of drug-likeness (QED) is 0.214. The van der Waals surface area contributed by atoms with Gasteiger partial charge in [-0.2, -0.15) is 9.78 Å². The number of aromatic nitrogens is 2. The maximum absolute atomic E-state index is 13.5. The summed E-state index contributed by atoms with van der Waals surface area (Å²) in [6, 6.07) is 38.9. The van der Waals surface area contributed by atoms with Crippen LogP contribution >= 0.6 is 0 Å². The van der Waals surface area contributed by atoms with Gasteiger partial charge in [0.15, 0.2) is 5.76 Å². The summed E-state index contributed by atoms with van der Waals surface area (Å²) in [4.78, 5) is 18.3. The van der Waals surface area contributed by atoms with E-state index in [9.17, 15) is 4.79 Å². The van der Waals surface area contributed by atoms with Gasteiger partial charge >= 0.3 is 0 Å². The number of nitrogens with zero attached hydrogens (tertiary/aromatic N) is 3. The molecule has 0 saturated carbocycles. The van der Waals surface area contributed by atoms with Crippen molar-refractivity contribution < 1.29 is 9.15 Å². The minimum atomic E-state index is -0.277. The highest BCUT2D eigenvalue weighted by Gasteiger charge is 2.16. The Labute approximate surface area is 229 Å². The first-order valence-electron chi connectivity index (χ1n) is 13.0. The van der Waals surface area contributed by atoms with Gasteiger partial charge in [-0.3, -0.25) is 4.79 Å². The standard InChI is InChI=1S/C34H23N3O3/c38-34-29-16-4-5-17-30(29)36-33(32-20-25-11-2-6-18-31(25)40-32)37(34)35-21-23-9-7-14-27(19-23)39-22-26-13-8-12-24-10-1-3-15-28(24)26/h1-21H,22H2. The van der Waals surface area contributed by atoms with E-state index in [0.717, 1.165) is 16.5 Å². The van der Waals surface area contributed by atoms with Crippen LogP contribution in [0.2, 0.25) is 0 Å². The van der Waals surface area contributed by atoms with Crippen molar-refractivity contribution in [2.75, 3.05) is 0 Å². The molecular weight excluding hydrogens is 498 g/mol. The summed E-state index contributed by atoms with van der Waals surface area (Å²) in [6.45, 7) is 0.437. The number of ether oxygens (including phenoxy) is 1. The summed E-state index contributed by atoms with van der Waals surface area (Å²) < 4.78 is 13.5. The van der Waals surface area contributed by atoms with Gasteiger partial charge in [0.25, 0.3) is 5.56 Å². The van der Waals surface area contributed by atoms with Crippen LogP contribution in [0.3, 0.4) is 0 Å². The normalized spacial score (nSPS) is 11.6. The summed E-state index contributed by atoms with van der Waals surface area (Å²) in [5.74, 6) is 1.51. The molecule has 0 N–H and O–H groups in total. The molecular formula is C34H23N3O3. The van der Waals surface area contributed by atoms with Crippen molar-refractivity contribution >= 4 is 38.9 Å². The van der Waals surface area contributed by atoms with E-state index in [1.165, 1.54) is 15.4 Å². The fourth-order valence-corrected chi connectivity index (χ4v) is 4.87. The number of fused-ring (bicyclic) bond motifs is 3. The molecule has 0 saturated heterocycles. The lowest BCUT2D eigenvalue weighted by atomic mass is 10.1. The van der Waals surface area contributed by atoms with Crippen molar-refractivity contribution in [3.05, 3.63) is 143 Å². The predicted molar refractivity (Wildman–Crippen MR) is 159 cm³/mol. The minimum Gasteiger partial charge on any atom is -0.489 e. The number of rotatable bonds is 6. The van der Waals surface area contributed by atoms with E-state index >= 15 is 0 Å². The predicted octanol–water partition coefficient (Wildman–Crippen LogP) is 7.42. The first-order chi connectivity index (χ1) is 19.7. The van der Waals surface area contributed by atoms with Crippen molar-refractivity contribution in [2.24, 2.45) is 5.10 Å². The molecule has 0 amide bonds. The Kier molecular flexibility index (Phi) is 5.90. The molecule has 0 aliphatic rings. The lowest BCUT2D eigenvalue weighted by molar-refractivity contribution is 0.307. The smallest absolute Gasteiger partial charge is 0.282 e. The molecule has 0 fully saturated rings. The van der Waals surface area contributed by atoms with Gasteiger partial charge in [0.1, 0.15) is 17.9 Å². The Morgan fingerprint density at radius 3 is 2.42 bits per heavy atom. The fraction of sp³-hybridized carbons (Fsp3) is 0.0294. The zero-order valence-corrected chi connectivity index (χ0v) is 21.4. The lowest BCUT2D eigenvalue weighted by Gasteiger charge is -2.10. The number of para-hydroxylation sites is 2. The van der Waals surface area contributed by atoms with E-state index in [-0.39, 0.29) is 5.56 Å². The van der Waals surface area contributed by atoms with Crippen LogP contribution < -0.4 is 10.3 Å². The second kappa shape index (κ2) is 10.0. The van der Waals surface area contributed by atoms with Gasteiger partial charge in [0, 0.05) is 5.39 Å². The summed E-state index contributed by atoms with van der Waals surface area (Å²) in [6.07, 6.45) is 1.63. The first kappa shape index (κ1) is 23.6. The third-order valence-electron chi connectivity index (χ3n) is 6.85. The average Bonchev–Trinajstić information content (AvgIpc) is 3.44. The van der Waals surface area contributed by atoms with E-state index in [0.29, 0.717) is 40.4 Å². The molecule has 192 valence electrons. The molecule has 0 unspecified atom stereocenters. The molecule has 7 rings (SSSR count). The van der Waals surface area contributed by atoms with Crippen LogP contribution in [0.1, 0.15) is 11.1 Å². The Hall–Kier alpha value is -5.49. The van der Waals surface area contributed by atoms with Gasteiger partial charge in [-0.15, -0.1) is 0 Å². The highest BCUT2D eigenvalue weighted by atomic mass is 16.5. The minimum absolute atomic E-state index is 0.277. The van der Waals surface area contributed by atoms with E-state index in [1.807, 2.05) is 91.0 Å². The fourth-order valence-electron chi connectivity index (χ4n) is 4.87. The molecule has 6 nitrogen and oxygen atoms in total. The van der Waals surface area contributed by atoms with E-state index in [4.69, 9.17) is 14.1 Å². The highest BCUT2D eigenvalue weighted by Crippen LogP contribution is 2.27. The molecule has 0 radical (unpaired) electrons. The van der Waals surface area contributed by atoms with Gasteiger partial charge < -0.3 is 9.15 Å². The van der Waals surface area contributed by atoms with E-state index in [1.54, 1.807) is 12.3 Å². The Balaban J connectivity index is 1.23. The highest BCUT2D eigenvalue weighted by molar-refractivity contribution is 5.86.